The van der Waals surface area contributed by atoms with Gasteiger partial charge in [-0.1, -0.05) is 0 Å². The maximum Gasteiger partial charge on any atom is 0.297 e. The molecule has 0 saturated carbocycles. The van der Waals surface area contributed by atoms with Crippen LogP contribution in [0.4, 0.5) is 11.7 Å². The molecule has 5 rings (SSSR count). The highest BCUT2D eigenvalue weighted by molar-refractivity contribution is 5.87. The summed E-state index contributed by atoms with van der Waals surface area (Å²) in [5, 5.41) is 1.30. The van der Waals surface area contributed by atoms with Crippen LogP contribution in [0.3, 0.4) is 0 Å². The molecule has 1 aliphatic heterocycles. The van der Waals surface area contributed by atoms with E-state index in [2.05, 4.69) is 45.8 Å². The minimum absolute atomic E-state index is 0.635. The zero-order valence-corrected chi connectivity index (χ0v) is 16.7. The first-order chi connectivity index (χ1) is 13.5. The highest BCUT2D eigenvalue weighted by Gasteiger charge is 2.24. The monoisotopic (exact) mass is 376 g/mol. The van der Waals surface area contributed by atoms with Crippen LogP contribution in [-0.2, 0) is 20.0 Å². The van der Waals surface area contributed by atoms with Crippen LogP contribution in [-0.4, -0.2) is 37.3 Å². The Morgan fingerprint density at radius 1 is 1.14 bits per heavy atom. The van der Waals surface area contributed by atoms with Crippen molar-refractivity contribution in [3.8, 4) is 5.75 Å². The molecule has 28 heavy (non-hydrogen) atoms. The zero-order valence-electron chi connectivity index (χ0n) is 16.7. The zero-order chi connectivity index (χ0) is 19.4. The Morgan fingerprint density at radius 2 is 2.00 bits per heavy atom. The smallest absolute Gasteiger partial charge is 0.297 e. The van der Waals surface area contributed by atoms with Gasteiger partial charge in [0.1, 0.15) is 11.3 Å². The molecule has 0 radical (unpaired) electrons. The molecule has 0 unspecified atom stereocenters. The van der Waals surface area contributed by atoms with Gasteiger partial charge in [-0.15, -0.1) is 0 Å². The summed E-state index contributed by atoms with van der Waals surface area (Å²) in [4.78, 5) is 8.90. The number of hydrogen-bond acceptors (Lipinski definition) is 5. The SMILES string of the molecule is COc1ccc2c(c1)c1c(n2C)CN(c2ccc3oc(N(C)C)nc3c2)CC1. The molecule has 0 saturated heterocycles. The Morgan fingerprint density at radius 3 is 2.79 bits per heavy atom. The van der Waals surface area contributed by atoms with Crippen molar-refractivity contribution in [2.45, 2.75) is 13.0 Å². The molecule has 3 heterocycles. The fourth-order valence-electron chi connectivity index (χ4n) is 4.18. The van der Waals surface area contributed by atoms with Gasteiger partial charge in [0.2, 0.25) is 0 Å². The fourth-order valence-corrected chi connectivity index (χ4v) is 4.18. The molecule has 4 aromatic rings. The van der Waals surface area contributed by atoms with E-state index in [0.717, 1.165) is 36.4 Å². The van der Waals surface area contributed by atoms with Crippen molar-refractivity contribution in [1.82, 2.24) is 9.55 Å². The van der Waals surface area contributed by atoms with Gasteiger partial charge in [0.05, 0.1) is 13.7 Å². The molecule has 6 nitrogen and oxygen atoms in total. The standard InChI is InChI=1S/C22H24N4O2/c1-24(2)22-23-18-11-14(5-8-21(18)28-22)26-10-9-16-17-12-15(27-4)6-7-19(17)25(3)20(16)13-26/h5-8,11-12H,9-10,13H2,1-4H3. The van der Waals surface area contributed by atoms with Gasteiger partial charge in [-0.3, -0.25) is 0 Å². The maximum atomic E-state index is 5.79. The van der Waals surface area contributed by atoms with E-state index in [4.69, 9.17) is 9.15 Å². The van der Waals surface area contributed by atoms with E-state index < -0.39 is 0 Å². The molecule has 6 heteroatoms. The average Bonchev–Trinajstić information content (AvgIpc) is 3.27. The van der Waals surface area contributed by atoms with Crippen LogP contribution in [0.2, 0.25) is 0 Å². The third-order valence-corrected chi connectivity index (χ3v) is 5.72. The summed E-state index contributed by atoms with van der Waals surface area (Å²) < 4.78 is 13.5. The van der Waals surface area contributed by atoms with Crippen molar-refractivity contribution in [3.05, 3.63) is 47.7 Å². The van der Waals surface area contributed by atoms with Crippen molar-refractivity contribution < 1.29 is 9.15 Å². The molecule has 2 aromatic heterocycles. The molecule has 0 aliphatic carbocycles. The Hall–Kier alpha value is -3.15. The summed E-state index contributed by atoms with van der Waals surface area (Å²) in [6, 6.07) is 13.3. The van der Waals surface area contributed by atoms with Crippen molar-refractivity contribution in [2.24, 2.45) is 7.05 Å². The Labute approximate surface area is 163 Å². The van der Waals surface area contributed by atoms with Gasteiger partial charge >= 0.3 is 0 Å². The number of anilines is 2. The molecule has 0 fully saturated rings. The molecular weight excluding hydrogens is 352 g/mol. The second-order valence-corrected chi connectivity index (χ2v) is 7.58. The summed E-state index contributed by atoms with van der Waals surface area (Å²) >= 11 is 0. The van der Waals surface area contributed by atoms with E-state index in [0.29, 0.717) is 6.01 Å². The van der Waals surface area contributed by atoms with E-state index in [-0.39, 0.29) is 0 Å². The molecule has 1 aliphatic rings. The van der Waals surface area contributed by atoms with Crippen molar-refractivity contribution >= 4 is 33.7 Å². The first kappa shape index (κ1) is 17.0. The quantitative estimate of drug-likeness (QED) is 0.542. The van der Waals surface area contributed by atoms with Gasteiger partial charge in [-0.05, 0) is 48.4 Å². The lowest BCUT2D eigenvalue weighted by Crippen LogP contribution is -2.31. The third kappa shape index (κ3) is 2.52. The van der Waals surface area contributed by atoms with E-state index in [1.165, 1.54) is 27.8 Å². The second-order valence-electron chi connectivity index (χ2n) is 7.58. The molecular formula is C22H24N4O2. The molecule has 0 N–H and O–H groups in total. The number of rotatable bonds is 3. The van der Waals surface area contributed by atoms with E-state index in [1.54, 1.807) is 7.11 Å². The first-order valence-electron chi connectivity index (χ1n) is 9.52. The summed E-state index contributed by atoms with van der Waals surface area (Å²) in [7, 11) is 7.75. The van der Waals surface area contributed by atoms with Gasteiger partial charge in [0.15, 0.2) is 5.58 Å². The number of benzene rings is 2. The molecule has 0 atom stereocenters. The topological polar surface area (TPSA) is 46.7 Å². The number of nitrogens with zero attached hydrogens (tertiary/aromatic N) is 4. The highest BCUT2D eigenvalue weighted by Crippen LogP contribution is 2.35. The molecule has 0 amide bonds. The number of methoxy groups -OCH3 is 1. The lowest BCUT2D eigenvalue weighted by molar-refractivity contribution is 0.415. The molecule has 0 bridgehead atoms. The first-order valence-corrected chi connectivity index (χ1v) is 9.52. The summed E-state index contributed by atoms with van der Waals surface area (Å²) in [6.45, 7) is 1.86. The van der Waals surface area contributed by atoms with Crippen LogP contribution in [0, 0.1) is 0 Å². The highest BCUT2D eigenvalue weighted by atomic mass is 16.5. The Kier molecular flexibility index (Phi) is 3.75. The van der Waals surface area contributed by atoms with E-state index >= 15 is 0 Å². The molecule has 144 valence electrons. The lowest BCUT2D eigenvalue weighted by atomic mass is 10.0. The van der Waals surface area contributed by atoms with Crippen LogP contribution in [0.25, 0.3) is 22.0 Å². The predicted octanol–water partition coefficient (Wildman–Crippen LogP) is 3.96. The van der Waals surface area contributed by atoms with Crippen molar-refractivity contribution in [3.63, 3.8) is 0 Å². The van der Waals surface area contributed by atoms with E-state index in [9.17, 15) is 0 Å². The average molecular weight is 376 g/mol. The number of fused-ring (bicyclic) bond motifs is 4. The number of oxazole rings is 1. The van der Waals surface area contributed by atoms with Crippen LogP contribution in [0.1, 0.15) is 11.3 Å². The summed E-state index contributed by atoms with van der Waals surface area (Å²) in [5.74, 6) is 0.913. The number of aryl methyl sites for hydroxylation is 1. The van der Waals surface area contributed by atoms with Crippen LogP contribution in [0.5, 0.6) is 5.75 Å². The van der Waals surface area contributed by atoms with Gasteiger partial charge in [0.25, 0.3) is 6.01 Å². The number of hydrogen-bond donors (Lipinski definition) is 0. The number of ether oxygens (including phenoxy) is 1. The fraction of sp³-hybridized carbons (Fsp3) is 0.318. The van der Waals surface area contributed by atoms with Gasteiger partial charge in [-0.25, -0.2) is 0 Å². The van der Waals surface area contributed by atoms with Crippen molar-refractivity contribution in [1.29, 1.82) is 0 Å². The maximum absolute atomic E-state index is 5.79. The third-order valence-electron chi connectivity index (χ3n) is 5.72. The van der Waals surface area contributed by atoms with Crippen LogP contribution < -0.4 is 14.5 Å². The van der Waals surface area contributed by atoms with Crippen LogP contribution in [0.15, 0.2) is 40.8 Å². The van der Waals surface area contributed by atoms with Crippen LogP contribution >= 0.6 is 0 Å². The van der Waals surface area contributed by atoms with E-state index in [1.807, 2.05) is 31.1 Å². The molecule has 2 aromatic carbocycles. The minimum atomic E-state index is 0.635. The van der Waals surface area contributed by atoms with Crippen molar-refractivity contribution in [2.75, 3.05) is 37.5 Å². The predicted molar refractivity (Wildman–Crippen MR) is 113 cm³/mol. The number of aromatic nitrogens is 2. The second kappa shape index (κ2) is 6.19. The Bertz CT molecular complexity index is 1190. The molecule has 0 spiro atoms. The minimum Gasteiger partial charge on any atom is -0.497 e. The largest absolute Gasteiger partial charge is 0.497 e. The van der Waals surface area contributed by atoms with Gasteiger partial charge in [0, 0.05) is 50.0 Å². The summed E-state index contributed by atoms with van der Waals surface area (Å²) in [6.07, 6.45) is 1.01. The van der Waals surface area contributed by atoms with Gasteiger partial charge in [-0.2, -0.15) is 4.98 Å². The Balaban J connectivity index is 1.52. The summed E-state index contributed by atoms with van der Waals surface area (Å²) in [5.41, 5.74) is 6.96. The normalized spacial score (nSPS) is 13.9. The lowest BCUT2D eigenvalue weighted by Gasteiger charge is -2.30. The van der Waals surface area contributed by atoms with Gasteiger partial charge < -0.3 is 23.5 Å².